The molecule has 0 saturated heterocycles. The Hall–Kier alpha value is -1.68. The lowest BCUT2D eigenvalue weighted by Gasteiger charge is -2.14. The lowest BCUT2D eigenvalue weighted by molar-refractivity contribution is 0.103. The molecular formula is C16H14BrFO2. The molecule has 0 N–H and O–H groups in total. The second kappa shape index (κ2) is 6.18. The van der Waals surface area contributed by atoms with Gasteiger partial charge in [-0.05, 0) is 54.0 Å². The molecule has 2 aromatic rings. The van der Waals surface area contributed by atoms with Crippen molar-refractivity contribution in [2.75, 3.05) is 0 Å². The van der Waals surface area contributed by atoms with E-state index in [2.05, 4.69) is 15.9 Å². The van der Waals surface area contributed by atoms with Crippen LogP contribution in [0.2, 0.25) is 0 Å². The van der Waals surface area contributed by atoms with E-state index in [4.69, 9.17) is 4.74 Å². The van der Waals surface area contributed by atoms with Crippen molar-refractivity contribution in [1.29, 1.82) is 0 Å². The second-order valence-corrected chi connectivity index (χ2v) is 5.39. The molecule has 2 aromatic carbocycles. The highest BCUT2D eigenvalue weighted by Crippen LogP contribution is 2.27. The Bertz CT molecular complexity index is 638. The summed E-state index contributed by atoms with van der Waals surface area (Å²) < 4.78 is 19.3. The van der Waals surface area contributed by atoms with Gasteiger partial charge in [-0.2, -0.15) is 0 Å². The summed E-state index contributed by atoms with van der Waals surface area (Å²) in [5, 5.41) is 0. The van der Waals surface area contributed by atoms with E-state index in [1.165, 1.54) is 12.1 Å². The molecular weight excluding hydrogens is 323 g/mol. The summed E-state index contributed by atoms with van der Waals surface area (Å²) in [4.78, 5) is 12.5. The number of carbonyl (C=O) groups is 1. The SMILES string of the molecule is CC(C)Oc1ccccc1C(=O)c1cccc(F)c1Br. The topological polar surface area (TPSA) is 26.3 Å². The zero-order valence-corrected chi connectivity index (χ0v) is 12.8. The summed E-state index contributed by atoms with van der Waals surface area (Å²) in [6.07, 6.45) is -0.0418. The van der Waals surface area contributed by atoms with Gasteiger partial charge in [-0.25, -0.2) is 4.39 Å². The number of carbonyl (C=O) groups excluding carboxylic acids is 1. The van der Waals surface area contributed by atoms with E-state index in [0.717, 1.165) is 0 Å². The van der Waals surface area contributed by atoms with Crippen molar-refractivity contribution in [2.24, 2.45) is 0 Å². The largest absolute Gasteiger partial charge is 0.490 e. The zero-order valence-electron chi connectivity index (χ0n) is 11.2. The van der Waals surface area contributed by atoms with E-state index >= 15 is 0 Å². The lowest BCUT2D eigenvalue weighted by Crippen LogP contribution is -2.11. The van der Waals surface area contributed by atoms with Gasteiger partial charge in [-0.1, -0.05) is 18.2 Å². The molecule has 0 heterocycles. The van der Waals surface area contributed by atoms with Gasteiger partial charge in [0.1, 0.15) is 11.6 Å². The van der Waals surface area contributed by atoms with Gasteiger partial charge in [0.25, 0.3) is 0 Å². The van der Waals surface area contributed by atoms with Crippen LogP contribution in [0.25, 0.3) is 0 Å². The Kier molecular flexibility index (Phi) is 4.55. The van der Waals surface area contributed by atoms with Crippen molar-refractivity contribution in [1.82, 2.24) is 0 Å². The van der Waals surface area contributed by atoms with E-state index in [9.17, 15) is 9.18 Å². The molecule has 0 radical (unpaired) electrons. The molecule has 0 unspecified atom stereocenters. The van der Waals surface area contributed by atoms with Crippen molar-refractivity contribution >= 4 is 21.7 Å². The Morgan fingerprint density at radius 2 is 1.75 bits per heavy atom. The maximum atomic E-state index is 13.5. The fourth-order valence-electron chi connectivity index (χ4n) is 1.84. The fraction of sp³-hybridized carbons (Fsp3) is 0.188. The molecule has 4 heteroatoms. The van der Waals surface area contributed by atoms with Crippen molar-refractivity contribution in [3.63, 3.8) is 0 Å². The number of ether oxygens (including phenoxy) is 1. The highest BCUT2D eigenvalue weighted by Gasteiger charge is 2.18. The van der Waals surface area contributed by atoms with Crippen molar-refractivity contribution in [3.05, 3.63) is 63.9 Å². The third-order valence-corrected chi connectivity index (χ3v) is 3.50. The van der Waals surface area contributed by atoms with Crippen LogP contribution in [0.3, 0.4) is 0 Å². The molecule has 0 atom stereocenters. The van der Waals surface area contributed by atoms with Crippen LogP contribution in [0.1, 0.15) is 29.8 Å². The Labute approximate surface area is 125 Å². The number of hydrogen-bond donors (Lipinski definition) is 0. The lowest BCUT2D eigenvalue weighted by atomic mass is 10.0. The molecule has 2 rings (SSSR count). The number of ketones is 1. The Morgan fingerprint density at radius 1 is 1.10 bits per heavy atom. The van der Waals surface area contributed by atoms with E-state index in [1.54, 1.807) is 30.3 Å². The third-order valence-electron chi connectivity index (χ3n) is 2.69. The zero-order chi connectivity index (χ0) is 14.7. The van der Waals surface area contributed by atoms with Crippen LogP contribution in [-0.4, -0.2) is 11.9 Å². The predicted octanol–water partition coefficient (Wildman–Crippen LogP) is 4.61. The van der Waals surface area contributed by atoms with E-state index in [-0.39, 0.29) is 21.9 Å². The van der Waals surface area contributed by atoms with Gasteiger partial charge in [-0.3, -0.25) is 4.79 Å². The van der Waals surface area contributed by atoms with Gasteiger partial charge in [0.2, 0.25) is 0 Å². The number of para-hydroxylation sites is 1. The summed E-state index contributed by atoms with van der Waals surface area (Å²) >= 11 is 3.12. The minimum Gasteiger partial charge on any atom is -0.490 e. The first kappa shape index (κ1) is 14.7. The van der Waals surface area contributed by atoms with Crippen LogP contribution < -0.4 is 4.74 Å². The summed E-state index contributed by atoms with van der Waals surface area (Å²) in [6, 6.07) is 11.4. The van der Waals surface area contributed by atoms with Crippen molar-refractivity contribution in [3.8, 4) is 5.75 Å². The first-order valence-corrected chi connectivity index (χ1v) is 7.04. The van der Waals surface area contributed by atoms with Gasteiger partial charge < -0.3 is 4.74 Å². The maximum absolute atomic E-state index is 13.5. The van der Waals surface area contributed by atoms with Gasteiger partial charge in [0.15, 0.2) is 5.78 Å². The van der Waals surface area contributed by atoms with Crippen molar-refractivity contribution in [2.45, 2.75) is 20.0 Å². The van der Waals surface area contributed by atoms with E-state index < -0.39 is 5.82 Å². The summed E-state index contributed by atoms with van der Waals surface area (Å²) in [6.45, 7) is 3.78. The molecule has 0 aliphatic rings. The van der Waals surface area contributed by atoms with Crippen molar-refractivity contribution < 1.29 is 13.9 Å². The van der Waals surface area contributed by atoms with Gasteiger partial charge in [0, 0.05) is 5.56 Å². The average Bonchev–Trinajstić information content (AvgIpc) is 2.41. The first-order chi connectivity index (χ1) is 9.50. The fourth-order valence-corrected chi connectivity index (χ4v) is 2.28. The summed E-state index contributed by atoms with van der Waals surface area (Å²) in [5.74, 6) is -0.227. The minimum atomic E-state index is -0.460. The number of halogens is 2. The standard InChI is InChI=1S/C16H14BrFO2/c1-10(2)20-14-9-4-3-6-11(14)16(19)12-7-5-8-13(18)15(12)17/h3-10H,1-2H3. The normalized spacial score (nSPS) is 10.7. The summed E-state index contributed by atoms with van der Waals surface area (Å²) in [7, 11) is 0. The molecule has 0 amide bonds. The van der Waals surface area contributed by atoms with Crippen LogP contribution in [-0.2, 0) is 0 Å². The molecule has 104 valence electrons. The Morgan fingerprint density at radius 3 is 2.45 bits per heavy atom. The van der Waals surface area contributed by atoms with Crippen LogP contribution in [0, 0.1) is 5.82 Å². The minimum absolute atomic E-state index is 0.0418. The van der Waals surface area contributed by atoms with Gasteiger partial charge >= 0.3 is 0 Å². The van der Waals surface area contributed by atoms with Gasteiger partial charge in [0.05, 0.1) is 16.1 Å². The third kappa shape index (κ3) is 3.07. The maximum Gasteiger partial charge on any atom is 0.197 e. The second-order valence-electron chi connectivity index (χ2n) is 4.59. The molecule has 0 aliphatic heterocycles. The van der Waals surface area contributed by atoms with Crippen LogP contribution >= 0.6 is 15.9 Å². The quantitative estimate of drug-likeness (QED) is 0.762. The first-order valence-electron chi connectivity index (χ1n) is 6.25. The molecule has 20 heavy (non-hydrogen) atoms. The highest BCUT2D eigenvalue weighted by atomic mass is 79.9. The predicted molar refractivity (Wildman–Crippen MR) is 79.7 cm³/mol. The molecule has 2 nitrogen and oxygen atoms in total. The van der Waals surface area contributed by atoms with Crippen LogP contribution in [0.5, 0.6) is 5.75 Å². The Balaban J connectivity index is 2.46. The molecule has 0 spiro atoms. The highest BCUT2D eigenvalue weighted by molar-refractivity contribution is 9.10. The number of benzene rings is 2. The molecule has 0 bridgehead atoms. The number of hydrogen-bond acceptors (Lipinski definition) is 2. The van der Waals surface area contributed by atoms with Crippen LogP contribution in [0.15, 0.2) is 46.9 Å². The molecule has 0 fully saturated rings. The molecule has 0 aromatic heterocycles. The monoisotopic (exact) mass is 336 g/mol. The smallest absolute Gasteiger partial charge is 0.197 e. The van der Waals surface area contributed by atoms with E-state index in [0.29, 0.717) is 11.3 Å². The molecule has 0 aliphatic carbocycles. The summed E-state index contributed by atoms with van der Waals surface area (Å²) in [5.41, 5.74) is 0.706. The number of rotatable bonds is 4. The van der Waals surface area contributed by atoms with E-state index in [1.807, 2.05) is 13.8 Å². The average molecular weight is 337 g/mol. The molecule has 0 saturated carbocycles. The van der Waals surface area contributed by atoms with Gasteiger partial charge in [-0.15, -0.1) is 0 Å². The van der Waals surface area contributed by atoms with Crippen LogP contribution in [0.4, 0.5) is 4.39 Å².